The Bertz CT molecular complexity index is 258. The maximum atomic E-state index is 2.81. The van der Waals surface area contributed by atoms with Gasteiger partial charge in [-0.1, -0.05) is 35.5 Å². The minimum absolute atomic E-state index is 0.912. The van der Waals surface area contributed by atoms with Gasteiger partial charge in [0.15, 0.2) is 0 Å². The van der Waals surface area contributed by atoms with Gasteiger partial charge in [0.2, 0.25) is 0 Å². The van der Waals surface area contributed by atoms with E-state index in [0.717, 1.165) is 0 Å². The fraction of sp³-hybridized carbons (Fsp3) is 0. The lowest BCUT2D eigenvalue weighted by atomic mass is 10.4. The Morgan fingerprint density at radius 2 is 1.58 bits per heavy atom. The molecule has 1 aliphatic rings. The highest BCUT2D eigenvalue weighted by Crippen LogP contribution is 2.12. The second-order valence-electron chi connectivity index (χ2n) is 2.52. The van der Waals surface area contributed by atoms with Crippen molar-refractivity contribution in [1.29, 1.82) is 0 Å². The average molecular weight is 344 g/mol. The van der Waals surface area contributed by atoms with E-state index < -0.39 is 4.61 Å². The normalized spacial score (nSPS) is 21.1. The second-order valence-corrected chi connectivity index (χ2v) is 34.4. The van der Waals surface area contributed by atoms with Gasteiger partial charge < -0.3 is 0 Å². The summed E-state index contributed by atoms with van der Waals surface area (Å²) in [6.07, 6.45) is 0. The van der Waals surface area contributed by atoms with Crippen LogP contribution in [-0.4, -0.2) is 38.8 Å². The molecule has 1 heterocycles. The van der Waals surface area contributed by atoms with Crippen LogP contribution in [0.5, 0.6) is 0 Å². The third-order valence-corrected chi connectivity index (χ3v) is 51.7. The number of halogens is 1. The molecule has 1 fully saturated rings. The monoisotopic (exact) mass is 344 g/mol. The summed E-state index contributed by atoms with van der Waals surface area (Å²) >= 11 is 2.81. The lowest BCUT2D eigenvalue weighted by Crippen LogP contribution is -2.50. The van der Waals surface area contributed by atoms with E-state index in [0.29, 0.717) is 0 Å². The van der Waals surface area contributed by atoms with Gasteiger partial charge in [0.25, 0.3) is 0 Å². The summed E-state index contributed by atoms with van der Waals surface area (Å²) in [5, 5.41) is 1.69. The zero-order chi connectivity index (χ0) is 8.44. The maximum Gasteiger partial charge on any atom is 0.121 e. The summed E-state index contributed by atoms with van der Waals surface area (Å²) in [5.74, 6) is 0. The highest BCUT2D eigenvalue weighted by Gasteiger charge is 2.36. The van der Waals surface area contributed by atoms with Crippen molar-refractivity contribution in [3.05, 3.63) is 30.3 Å². The van der Waals surface area contributed by atoms with Crippen LogP contribution in [-0.2, 0) is 0 Å². The average Bonchev–Trinajstić information content (AvgIpc) is 2.55. The molecular formula is C6H5ISi5. The molecule has 56 valence electrons. The molecule has 1 saturated heterocycles. The van der Waals surface area contributed by atoms with Crippen LogP contribution >= 0.6 is 21.8 Å². The van der Waals surface area contributed by atoms with Crippen LogP contribution < -0.4 is 5.19 Å². The van der Waals surface area contributed by atoms with Gasteiger partial charge in [-0.15, -0.1) is 21.8 Å². The molecule has 0 spiro atoms. The van der Waals surface area contributed by atoms with Gasteiger partial charge in [-0.25, -0.2) is 0 Å². The largest absolute Gasteiger partial charge is 0.121 e. The number of rotatable bonds is 1. The zero-order valence-electron chi connectivity index (χ0n) is 6.26. The van der Waals surface area contributed by atoms with Crippen molar-refractivity contribution in [1.82, 2.24) is 0 Å². The van der Waals surface area contributed by atoms with E-state index in [4.69, 9.17) is 0 Å². The summed E-state index contributed by atoms with van der Waals surface area (Å²) in [6.45, 7) is 0. The third-order valence-electron chi connectivity index (χ3n) is 1.70. The van der Waals surface area contributed by atoms with Gasteiger partial charge in [0.05, 0.1) is 0 Å². The molecular weight excluding hydrogens is 339 g/mol. The van der Waals surface area contributed by atoms with Crippen LogP contribution in [0, 0.1) is 0 Å². The summed E-state index contributed by atoms with van der Waals surface area (Å²) in [7, 11) is 5.23. The van der Waals surface area contributed by atoms with Crippen LogP contribution in [0.4, 0.5) is 0 Å². The number of benzene rings is 1. The smallest absolute Gasteiger partial charge is 0.121 e. The molecule has 0 amide bonds. The van der Waals surface area contributed by atoms with Crippen LogP contribution in [0.25, 0.3) is 0 Å². The van der Waals surface area contributed by atoms with Crippen molar-refractivity contribution in [3.8, 4) is 0 Å². The van der Waals surface area contributed by atoms with E-state index in [1.807, 2.05) is 0 Å². The van der Waals surface area contributed by atoms with E-state index >= 15 is 0 Å². The Hall–Kier alpha value is 1.03. The summed E-state index contributed by atoms with van der Waals surface area (Å²) in [4.78, 5) is 0. The molecule has 0 unspecified atom stereocenters. The molecule has 1 aromatic carbocycles. The summed E-state index contributed by atoms with van der Waals surface area (Å²) < 4.78 is -0.912. The zero-order valence-corrected chi connectivity index (χ0v) is 13.4. The third kappa shape index (κ3) is 1.92. The van der Waals surface area contributed by atoms with Gasteiger partial charge in [-0.05, 0) is 0 Å². The molecule has 0 aromatic heterocycles. The van der Waals surface area contributed by atoms with E-state index in [-0.39, 0.29) is 0 Å². The lowest BCUT2D eigenvalue weighted by molar-refractivity contribution is 1.77. The van der Waals surface area contributed by atoms with Crippen molar-refractivity contribution >= 4 is 65.8 Å². The fourth-order valence-electron chi connectivity index (χ4n) is 1.08. The predicted molar refractivity (Wildman–Crippen MR) is 68.9 cm³/mol. The molecule has 8 radical (unpaired) electrons. The molecule has 1 aromatic rings. The Labute approximate surface area is 95.4 Å². The summed E-state index contributed by atoms with van der Waals surface area (Å²) in [6, 6.07) is 11.2. The summed E-state index contributed by atoms with van der Waals surface area (Å²) in [5.41, 5.74) is 0. The van der Waals surface area contributed by atoms with E-state index in [1.165, 1.54) is 34.2 Å². The van der Waals surface area contributed by atoms with Crippen molar-refractivity contribution < 1.29 is 0 Å². The second kappa shape index (κ2) is 4.04. The lowest BCUT2D eigenvalue weighted by Gasteiger charge is -2.18. The minimum atomic E-state index is -0.912. The molecule has 6 heteroatoms. The SMILES string of the molecule is I[Si]1(c2ccccc2)[Si][Si][Si][Si]1. The van der Waals surface area contributed by atoms with Gasteiger partial charge in [-0.2, -0.15) is 0 Å². The van der Waals surface area contributed by atoms with Crippen LogP contribution in [0.3, 0.4) is 0 Å². The molecule has 0 aliphatic carbocycles. The first-order chi connectivity index (χ1) is 5.81. The first-order valence-electron chi connectivity index (χ1n) is 3.60. The maximum absolute atomic E-state index is 2.81. The highest BCUT2D eigenvalue weighted by molar-refractivity contribution is 14.1. The Balaban J connectivity index is 2.29. The highest BCUT2D eigenvalue weighted by atomic mass is 127. The van der Waals surface area contributed by atoms with Crippen LogP contribution in [0.15, 0.2) is 30.3 Å². The minimum Gasteiger partial charge on any atom is -0.121 e. The van der Waals surface area contributed by atoms with Crippen LogP contribution in [0.2, 0.25) is 0 Å². The molecule has 12 heavy (non-hydrogen) atoms. The topological polar surface area (TPSA) is 0 Å². The molecule has 0 N–H and O–H groups in total. The van der Waals surface area contributed by atoms with E-state index in [9.17, 15) is 0 Å². The van der Waals surface area contributed by atoms with Crippen molar-refractivity contribution in [3.63, 3.8) is 0 Å². The first-order valence-corrected chi connectivity index (χ1v) is 17.7. The quantitative estimate of drug-likeness (QED) is 0.377. The molecule has 0 nitrogen and oxygen atoms in total. The van der Waals surface area contributed by atoms with Crippen molar-refractivity contribution in [2.75, 3.05) is 0 Å². The standard InChI is InChI=1S/C6H5ISi5/c7-12(10-8-9-11-12)6-4-2-1-3-5-6/h1-5H. The molecule has 2 rings (SSSR count). The molecule has 0 bridgehead atoms. The van der Waals surface area contributed by atoms with E-state index in [2.05, 4.69) is 52.1 Å². The van der Waals surface area contributed by atoms with Gasteiger partial charge >= 0.3 is 0 Å². The Kier molecular flexibility index (Phi) is 3.23. The van der Waals surface area contributed by atoms with Gasteiger partial charge in [-0.3, -0.25) is 0 Å². The number of hydrogen-bond donors (Lipinski definition) is 0. The predicted octanol–water partition coefficient (Wildman–Crippen LogP) is -0.157. The Morgan fingerprint density at radius 1 is 1.00 bits per heavy atom. The van der Waals surface area contributed by atoms with Crippen LogP contribution in [0.1, 0.15) is 0 Å². The number of hydrogen-bond acceptors (Lipinski definition) is 0. The fourth-order valence-corrected chi connectivity index (χ4v) is 76.0. The van der Waals surface area contributed by atoms with Gasteiger partial charge in [0, 0.05) is 34.2 Å². The Morgan fingerprint density at radius 3 is 2.17 bits per heavy atom. The van der Waals surface area contributed by atoms with Gasteiger partial charge in [0.1, 0.15) is 4.61 Å². The van der Waals surface area contributed by atoms with Crippen molar-refractivity contribution in [2.45, 2.75) is 0 Å². The molecule has 0 atom stereocenters. The van der Waals surface area contributed by atoms with Crippen molar-refractivity contribution in [2.24, 2.45) is 0 Å². The first kappa shape index (κ1) is 9.58. The molecule has 1 aliphatic heterocycles. The van der Waals surface area contributed by atoms with E-state index in [1.54, 1.807) is 5.19 Å². The molecule has 0 saturated carbocycles.